The average molecular weight is 307 g/mol. The van der Waals surface area contributed by atoms with Crippen LogP contribution < -0.4 is 4.74 Å². The van der Waals surface area contributed by atoms with E-state index in [9.17, 15) is 14.7 Å². The molecule has 0 atom stereocenters. The summed E-state index contributed by atoms with van der Waals surface area (Å²) in [7, 11) is 1.46. The lowest BCUT2D eigenvalue weighted by Crippen LogP contribution is -2.28. The molecule has 0 aliphatic carbocycles. The van der Waals surface area contributed by atoms with Crippen LogP contribution in [0.2, 0.25) is 0 Å². The minimum atomic E-state index is -0.525. The van der Waals surface area contributed by atoms with Gasteiger partial charge in [0.25, 0.3) is 0 Å². The van der Waals surface area contributed by atoms with E-state index in [0.717, 1.165) is 0 Å². The zero-order valence-corrected chi connectivity index (χ0v) is 12.2. The summed E-state index contributed by atoms with van der Waals surface area (Å²) >= 11 is 0. The number of cyclic esters (lactones) is 1. The predicted octanol–water partition coefficient (Wildman–Crippen LogP) is 1.41. The second kappa shape index (κ2) is 7.35. The Morgan fingerprint density at radius 1 is 1.50 bits per heavy atom. The third kappa shape index (κ3) is 4.15. The number of methoxy groups -OCH3 is 1. The van der Waals surface area contributed by atoms with Crippen LogP contribution in [0.5, 0.6) is 11.5 Å². The van der Waals surface area contributed by atoms with Crippen LogP contribution in [-0.4, -0.2) is 55.5 Å². The smallest absolute Gasteiger partial charge is 0.410 e. The van der Waals surface area contributed by atoms with Crippen LogP contribution in [0.25, 0.3) is 6.08 Å². The zero-order chi connectivity index (χ0) is 15.9. The van der Waals surface area contributed by atoms with E-state index >= 15 is 0 Å². The predicted molar refractivity (Wildman–Crippen MR) is 77.6 cm³/mol. The fraction of sp³-hybridized carbons (Fsp3) is 0.333. The number of hydrogen-bond acceptors (Lipinski definition) is 6. The Kier molecular flexibility index (Phi) is 5.24. The Labute approximate surface area is 127 Å². The van der Waals surface area contributed by atoms with Gasteiger partial charge in [-0.05, 0) is 23.8 Å². The second-order valence-electron chi connectivity index (χ2n) is 4.53. The molecule has 1 aromatic rings. The Hall–Kier alpha value is -2.70. The van der Waals surface area contributed by atoms with E-state index in [4.69, 9.17) is 14.2 Å². The molecule has 7 heteroatoms. The molecule has 1 aliphatic rings. The van der Waals surface area contributed by atoms with Crippen molar-refractivity contribution in [3.05, 3.63) is 29.8 Å². The topological polar surface area (TPSA) is 85.3 Å². The minimum Gasteiger partial charge on any atom is -0.504 e. The van der Waals surface area contributed by atoms with Crippen molar-refractivity contribution in [1.29, 1.82) is 0 Å². The van der Waals surface area contributed by atoms with Crippen LogP contribution >= 0.6 is 0 Å². The van der Waals surface area contributed by atoms with E-state index in [0.29, 0.717) is 31.0 Å². The first-order valence-electron chi connectivity index (χ1n) is 6.73. The zero-order valence-electron chi connectivity index (χ0n) is 12.2. The maximum Gasteiger partial charge on any atom is 0.410 e. The normalized spacial score (nSPS) is 14.2. The van der Waals surface area contributed by atoms with Crippen molar-refractivity contribution < 1.29 is 28.9 Å². The molecule has 0 radical (unpaired) electrons. The Morgan fingerprint density at radius 2 is 2.32 bits per heavy atom. The minimum absolute atomic E-state index is 0.00874. The lowest BCUT2D eigenvalue weighted by Gasteiger charge is -2.11. The molecule has 1 N–H and O–H groups in total. The third-order valence-electron chi connectivity index (χ3n) is 3.07. The largest absolute Gasteiger partial charge is 0.504 e. The number of phenolic OH excluding ortho intramolecular Hbond substituents is 1. The molecule has 0 unspecified atom stereocenters. The number of amides is 1. The van der Waals surface area contributed by atoms with Gasteiger partial charge < -0.3 is 24.2 Å². The van der Waals surface area contributed by atoms with Crippen molar-refractivity contribution in [3.63, 3.8) is 0 Å². The van der Waals surface area contributed by atoms with Gasteiger partial charge >= 0.3 is 12.1 Å². The van der Waals surface area contributed by atoms with Gasteiger partial charge in [-0.3, -0.25) is 0 Å². The van der Waals surface area contributed by atoms with E-state index < -0.39 is 5.97 Å². The van der Waals surface area contributed by atoms with Gasteiger partial charge in [0.05, 0.1) is 20.2 Å². The molecule has 22 heavy (non-hydrogen) atoms. The SMILES string of the molecule is COc1ccc(C=CC(=O)OCCN2CCOC2=O)cc1O. The van der Waals surface area contributed by atoms with Gasteiger partial charge in [0.15, 0.2) is 11.5 Å². The summed E-state index contributed by atoms with van der Waals surface area (Å²) in [6.07, 6.45) is 2.38. The maximum absolute atomic E-state index is 11.5. The molecule has 2 rings (SSSR count). The Bertz CT molecular complexity index is 583. The van der Waals surface area contributed by atoms with E-state index in [1.54, 1.807) is 12.1 Å². The van der Waals surface area contributed by atoms with E-state index in [-0.39, 0.29) is 18.4 Å². The van der Waals surface area contributed by atoms with Gasteiger partial charge in [-0.1, -0.05) is 6.07 Å². The molecule has 1 saturated heterocycles. The van der Waals surface area contributed by atoms with Crippen molar-refractivity contribution in [2.24, 2.45) is 0 Å². The first kappa shape index (κ1) is 15.7. The van der Waals surface area contributed by atoms with Crippen molar-refractivity contribution in [2.45, 2.75) is 0 Å². The quantitative estimate of drug-likeness (QED) is 0.632. The first-order chi connectivity index (χ1) is 10.6. The summed E-state index contributed by atoms with van der Waals surface area (Å²) in [5, 5.41) is 9.62. The van der Waals surface area contributed by atoms with Crippen LogP contribution in [-0.2, 0) is 14.3 Å². The van der Waals surface area contributed by atoms with Crippen LogP contribution in [0.15, 0.2) is 24.3 Å². The summed E-state index contributed by atoms with van der Waals surface area (Å²) in [4.78, 5) is 24.2. The van der Waals surface area contributed by atoms with Crippen molar-refractivity contribution in [3.8, 4) is 11.5 Å². The molecule has 7 nitrogen and oxygen atoms in total. The maximum atomic E-state index is 11.5. The number of carbonyl (C=O) groups excluding carboxylic acids is 2. The van der Waals surface area contributed by atoms with E-state index in [1.165, 1.54) is 30.2 Å². The van der Waals surface area contributed by atoms with Crippen LogP contribution in [0.1, 0.15) is 5.56 Å². The monoisotopic (exact) mass is 307 g/mol. The number of phenols is 1. The van der Waals surface area contributed by atoms with E-state index in [2.05, 4.69) is 0 Å². The number of esters is 1. The highest BCUT2D eigenvalue weighted by molar-refractivity contribution is 5.87. The fourth-order valence-corrected chi connectivity index (χ4v) is 1.91. The third-order valence-corrected chi connectivity index (χ3v) is 3.07. The fourth-order valence-electron chi connectivity index (χ4n) is 1.91. The number of hydrogen-bond donors (Lipinski definition) is 1. The first-order valence-corrected chi connectivity index (χ1v) is 6.73. The highest BCUT2D eigenvalue weighted by atomic mass is 16.6. The molecule has 0 bridgehead atoms. The Balaban J connectivity index is 1.78. The number of rotatable bonds is 6. The van der Waals surface area contributed by atoms with Crippen molar-refractivity contribution in [1.82, 2.24) is 4.90 Å². The number of nitrogens with zero attached hydrogens (tertiary/aromatic N) is 1. The molecule has 1 amide bonds. The molecule has 1 fully saturated rings. The molecule has 0 spiro atoms. The summed E-state index contributed by atoms with van der Waals surface area (Å²) < 4.78 is 14.7. The summed E-state index contributed by atoms with van der Waals surface area (Å²) in [6.45, 7) is 1.29. The molecule has 0 aromatic heterocycles. The van der Waals surface area contributed by atoms with Gasteiger partial charge in [0.2, 0.25) is 0 Å². The molecule has 118 valence electrons. The van der Waals surface area contributed by atoms with Gasteiger partial charge in [-0.25, -0.2) is 9.59 Å². The highest BCUT2D eigenvalue weighted by Gasteiger charge is 2.21. The molecule has 1 heterocycles. The summed E-state index contributed by atoms with van der Waals surface area (Å²) in [5.74, 6) is -0.175. The van der Waals surface area contributed by atoms with Gasteiger partial charge in [-0.2, -0.15) is 0 Å². The number of carbonyl (C=O) groups is 2. The van der Waals surface area contributed by atoms with Gasteiger partial charge in [-0.15, -0.1) is 0 Å². The lowest BCUT2D eigenvalue weighted by atomic mass is 10.2. The average Bonchev–Trinajstić information content (AvgIpc) is 2.91. The molecular formula is C15H17NO6. The molecular weight excluding hydrogens is 290 g/mol. The van der Waals surface area contributed by atoms with Crippen molar-refractivity contribution in [2.75, 3.05) is 33.4 Å². The van der Waals surface area contributed by atoms with E-state index in [1.807, 2.05) is 0 Å². The summed E-state index contributed by atoms with van der Waals surface area (Å²) in [5.41, 5.74) is 0.637. The van der Waals surface area contributed by atoms with Gasteiger partial charge in [0.1, 0.15) is 13.2 Å². The number of ether oxygens (including phenoxy) is 3. The van der Waals surface area contributed by atoms with Crippen molar-refractivity contribution >= 4 is 18.1 Å². The Morgan fingerprint density at radius 3 is 2.95 bits per heavy atom. The number of benzene rings is 1. The summed E-state index contributed by atoms with van der Waals surface area (Å²) in [6, 6.07) is 4.77. The highest BCUT2D eigenvalue weighted by Crippen LogP contribution is 2.26. The standard InChI is InChI=1S/C15H17NO6/c1-20-13-4-2-11(10-12(13)17)3-5-14(18)21-8-6-16-7-9-22-15(16)19/h2-5,10,17H,6-9H2,1H3. The van der Waals surface area contributed by atoms with Crippen LogP contribution in [0, 0.1) is 0 Å². The van der Waals surface area contributed by atoms with Crippen LogP contribution in [0.4, 0.5) is 4.79 Å². The molecule has 0 saturated carbocycles. The number of aromatic hydroxyl groups is 1. The molecule has 1 aliphatic heterocycles. The lowest BCUT2D eigenvalue weighted by molar-refractivity contribution is -0.137. The molecule has 1 aromatic carbocycles. The van der Waals surface area contributed by atoms with Crippen LogP contribution in [0.3, 0.4) is 0 Å². The van der Waals surface area contributed by atoms with Gasteiger partial charge in [0, 0.05) is 6.08 Å². The second-order valence-corrected chi connectivity index (χ2v) is 4.53.